The lowest BCUT2D eigenvalue weighted by Gasteiger charge is -2.29. The van der Waals surface area contributed by atoms with E-state index in [0.29, 0.717) is 42.7 Å². The molecule has 0 N–H and O–H groups in total. The van der Waals surface area contributed by atoms with Gasteiger partial charge in [0.2, 0.25) is 11.7 Å². The van der Waals surface area contributed by atoms with Gasteiger partial charge in [0.25, 0.3) is 0 Å². The second kappa shape index (κ2) is 7.00. The first-order valence-corrected chi connectivity index (χ1v) is 7.93. The highest BCUT2D eigenvalue weighted by Crippen LogP contribution is 2.28. The molecule has 1 aromatic heterocycles. The van der Waals surface area contributed by atoms with Crippen LogP contribution < -0.4 is 0 Å². The lowest BCUT2D eigenvalue weighted by Crippen LogP contribution is -2.42. The van der Waals surface area contributed by atoms with Crippen molar-refractivity contribution in [2.45, 2.75) is 18.8 Å². The first-order chi connectivity index (χ1) is 11.6. The summed E-state index contributed by atoms with van der Waals surface area (Å²) in [5.41, 5.74) is 0.827. The number of aromatic nitrogens is 2. The molecule has 1 saturated heterocycles. The van der Waals surface area contributed by atoms with Gasteiger partial charge in [-0.2, -0.15) is 4.98 Å². The molecule has 126 valence electrons. The Kier molecular flexibility index (Phi) is 4.80. The van der Waals surface area contributed by atoms with E-state index in [1.54, 1.807) is 12.1 Å². The minimum atomic E-state index is -0.837. The summed E-state index contributed by atoms with van der Waals surface area (Å²) < 4.78 is 9.82. The Bertz CT molecular complexity index is 736. The van der Waals surface area contributed by atoms with Crippen molar-refractivity contribution in [3.05, 3.63) is 35.2 Å². The number of benzene rings is 1. The van der Waals surface area contributed by atoms with Gasteiger partial charge in [0, 0.05) is 29.6 Å². The number of piperidine rings is 1. The van der Waals surface area contributed by atoms with Crippen LogP contribution in [0.5, 0.6) is 0 Å². The molecule has 2 heterocycles. The number of methoxy groups -OCH3 is 1. The number of ether oxygens (including phenoxy) is 1. The van der Waals surface area contributed by atoms with Gasteiger partial charge in [0.05, 0.1) is 7.11 Å². The van der Waals surface area contributed by atoms with Crippen LogP contribution >= 0.6 is 11.6 Å². The molecule has 1 fully saturated rings. The largest absolute Gasteiger partial charge is 0.462 e. The van der Waals surface area contributed by atoms with E-state index in [2.05, 4.69) is 14.9 Å². The van der Waals surface area contributed by atoms with Crippen LogP contribution in [0.25, 0.3) is 11.4 Å². The second-order valence-electron chi connectivity index (χ2n) is 5.52. The lowest BCUT2D eigenvalue weighted by atomic mass is 9.96. The smallest absolute Gasteiger partial charge is 0.396 e. The average molecular weight is 350 g/mol. The number of hydrogen-bond donors (Lipinski definition) is 0. The van der Waals surface area contributed by atoms with Crippen molar-refractivity contribution in [1.29, 1.82) is 0 Å². The fourth-order valence-corrected chi connectivity index (χ4v) is 2.79. The summed E-state index contributed by atoms with van der Waals surface area (Å²) >= 11 is 5.87. The molecule has 0 aliphatic carbocycles. The van der Waals surface area contributed by atoms with Crippen LogP contribution in [0.4, 0.5) is 0 Å². The lowest BCUT2D eigenvalue weighted by molar-refractivity contribution is -0.158. The van der Waals surface area contributed by atoms with Crippen LogP contribution in [-0.2, 0) is 14.3 Å². The first kappa shape index (κ1) is 16.4. The standard InChI is InChI=1S/C16H16ClN3O4/c1-23-16(22)15(21)20-8-6-11(7-9-20)14-18-13(19-24-14)10-2-4-12(17)5-3-10/h2-5,11H,6-9H2,1H3. The van der Waals surface area contributed by atoms with Crippen molar-refractivity contribution in [2.24, 2.45) is 0 Å². The molecule has 0 spiro atoms. The maximum absolute atomic E-state index is 11.8. The van der Waals surface area contributed by atoms with Gasteiger partial charge in [-0.3, -0.25) is 4.79 Å². The molecule has 0 saturated carbocycles. The number of amides is 1. The monoisotopic (exact) mass is 349 g/mol. The Balaban J connectivity index is 1.64. The highest BCUT2D eigenvalue weighted by atomic mass is 35.5. The van der Waals surface area contributed by atoms with Crippen molar-refractivity contribution < 1.29 is 18.8 Å². The van der Waals surface area contributed by atoms with E-state index in [0.717, 1.165) is 5.56 Å². The summed E-state index contributed by atoms with van der Waals surface area (Å²) in [5, 5.41) is 4.65. The van der Waals surface area contributed by atoms with Crippen LogP contribution in [-0.4, -0.2) is 47.1 Å². The van der Waals surface area contributed by atoms with Gasteiger partial charge in [0.15, 0.2) is 0 Å². The fourth-order valence-electron chi connectivity index (χ4n) is 2.66. The fraction of sp³-hybridized carbons (Fsp3) is 0.375. The van der Waals surface area contributed by atoms with Gasteiger partial charge in [-0.1, -0.05) is 16.8 Å². The maximum Gasteiger partial charge on any atom is 0.396 e. The third-order valence-corrected chi connectivity index (χ3v) is 4.29. The van der Waals surface area contributed by atoms with Crippen molar-refractivity contribution >= 4 is 23.5 Å². The number of carbonyl (C=O) groups is 2. The van der Waals surface area contributed by atoms with Crippen LogP contribution in [0.3, 0.4) is 0 Å². The number of likely N-dealkylation sites (tertiary alicyclic amines) is 1. The maximum atomic E-state index is 11.8. The normalized spacial score (nSPS) is 15.3. The third-order valence-electron chi connectivity index (χ3n) is 4.04. The molecule has 1 aromatic carbocycles. The van der Waals surface area contributed by atoms with E-state index < -0.39 is 11.9 Å². The Labute approximate surface area is 143 Å². The number of esters is 1. The molecule has 24 heavy (non-hydrogen) atoms. The summed E-state index contributed by atoms with van der Waals surface area (Å²) in [6.45, 7) is 0.911. The van der Waals surface area contributed by atoms with Gasteiger partial charge in [-0.05, 0) is 37.1 Å². The summed E-state index contributed by atoms with van der Waals surface area (Å²) in [5.74, 6) is -0.320. The van der Waals surface area contributed by atoms with Crippen molar-refractivity contribution in [1.82, 2.24) is 15.0 Å². The molecule has 0 radical (unpaired) electrons. The molecule has 2 aromatic rings. The van der Waals surface area contributed by atoms with E-state index in [1.807, 2.05) is 12.1 Å². The molecule has 1 aliphatic heterocycles. The molecule has 0 unspecified atom stereocenters. The average Bonchev–Trinajstić information content (AvgIpc) is 3.11. The van der Waals surface area contributed by atoms with E-state index in [-0.39, 0.29) is 5.92 Å². The second-order valence-corrected chi connectivity index (χ2v) is 5.96. The molecular formula is C16H16ClN3O4. The molecule has 0 bridgehead atoms. The quantitative estimate of drug-likeness (QED) is 0.610. The molecule has 8 heteroatoms. The predicted octanol–water partition coefficient (Wildman–Crippen LogP) is 2.27. The molecule has 3 rings (SSSR count). The molecule has 0 atom stereocenters. The van der Waals surface area contributed by atoms with Gasteiger partial charge < -0.3 is 14.2 Å². The number of carbonyl (C=O) groups excluding carboxylic acids is 2. The molecule has 1 amide bonds. The summed E-state index contributed by atoms with van der Waals surface area (Å²) in [7, 11) is 1.20. The van der Waals surface area contributed by atoms with E-state index in [4.69, 9.17) is 16.1 Å². The number of nitrogens with zero attached hydrogens (tertiary/aromatic N) is 3. The highest BCUT2D eigenvalue weighted by Gasteiger charge is 2.30. The van der Waals surface area contributed by atoms with Gasteiger partial charge in [0.1, 0.15) is 0 Å². The zero-order chi connectivity index (χ0) is 17.1. The van der Waals surface area contributed by atoms with Crippen LogP contribution in [0.15, 0.2) is 28.8 Å². The number of rotatable bonds is 2. The Morgan fingerprint density at radius 3 is 2.54 bits per heavy atom. The Morgan fingerprint density at radius 1 is 1.25 bits per heavy atom. The minimum absolute atomic E-state index is 0.0697. The minimum Gasteiger partial charge on any atom is -0.462 e. The van der Waals surface area contributed by atoms with Crippen LogP contribution in [0, 0.1) is 0 Å². The van der Waals surface area contributed by atoms with Crippen molar-refractivity contribution in [2.75, 3.05) is 20.2 Å². The predicted molar refractivity (Wildman–Crippen MR) is 85.3 cm³/mol. The first-order valence-electron chi connectivity index (χ1n) is 7.55. The Hall–Kier alpha value is -2.41. The number of hydrogen-bond acceptors (Lipinski definition) is 6. The zero-order valence-corrected chi connectivity index (χ0v) is 13.8. The summed E-state index contributed by atoms with van der Waals surface area (Å²) in [6, 6.07) is 7.19. The van der Waals surface area contributed by atoms with Gasteiger partial charge in [-0.15, -0.1) is 0 Å². The molecular weight excluding hydrogens is 334 g/mol. The summed E-state index contributed by atoms with van der Waals surface area (Å²) in [6.07, 6.45) is 1.32. The van der Waals surface area contributed by atoms with Gasteiger partial charge >= 0.3 is 11.9 Å². The van der Waals surface area contributed by atoms with E-state index >= 15 is 0 Å². The molecule has 7 nitrogen and oxygen atoms in total. The van der Waals surface area contributed by atoms with Crippen molar-refractivity contribution in [3.63, 3.8) is 0 Å². The van der Waals surface area contributed by atoms with Crippen LogP contribution in [0.2, 0.25) is 5.02 Å². The SMILES string of the molecule is COC(=O)C(=O)N1CCC(c2nc(-c3ccc(Cl)cc3)no2)CC1. The zero-order valence-electron chi connectivity index (χ0n) is 13.1. The van der Waals surface area contributed by atoms with E-state index in [1.165, 1.54) is 12.0 Å². The van der Waals surface area contributed by atoms with Crippen molar-refractivity contribution in [3.8, 4) is 11.4 Å². The number of halogens is 1. The third kappa shape index (κ3) is 3.41. The van der Waals surface area contributed by atoms with E-state index in [9.17, 15) is 9.59 Å². The molecule has 1 aliphatic rings. The summed E-state index contributed by atoms with van der Waals surface area (Å²) in [4.78, 5) is 29.0. The topological polar surface area (TPSA) is 85.5 Å². The highest BCUT2D eigenvalue weighted by molar-refractivity contribution is 6.32. The van der Waals surface area contributed by atoms with Gasteiger partial charge in [-0.25, -0.2) is 4.79 Å². The van der Waals surface area contributed by atoms with Crippen LogP contribution in [0.1, 0.15) is 24.7 Å². The Morgan fingerprint density at radius 2 is 1.92 bits per heavy atom.